The van der Waals surface area contributed by atoms with E-state index >= 15 is 0 Å². The second kappa shape index (κ2) is 11.2. The number of rotatable bonds is 6. The van der Waals surface area contributed by atoms with Gasteiger partial charge in [0.1, 0.15) is 11.7 Å². The van der Waals surface area contributed by atoms with Crippen LogP contribution in [0.2, 0.25) is 18.1 Å². The quantitative estimate of drug-likeness (QED) is 0.363. The first-order valence-corrected chi connectivity index (χ1v) is 14.8. The van der Waals surface area contributed by atoms with Crippen molar-refractivity contribution >= 4 is 8.32 Å². The van der Waals surface area contributed by atoms with Crippen LogP contribution in [0.25, 0.3) is 0 Å². The molecule has 1 aliphatic rings. The van der Waals surface area contributed by atoms with Crippen molar-refractivity contribution in [3.05, 3.63) is 80.1 Å². The fraction of sp³-hybridized carbons (Fsp3) is 0.444. The maximum Gasteiger partial charge on any atom is 0.329 e. The van der Waals surface area contributed by atoms with Crippen molar-refractivity contribution in [2.45, 2.75) is 64.3 Å². The average molecular weight is 508 g/mol. The van der Waals surface area contributed by atoms with Gasteiger partial charge < -0.3 is 13.9 Å². The third-order valence-electron chi connectivity index (χ3n) is 6.55. The molecule has 2 heterocycles. The fourth-order valence-electron chi connectivity index (χ4n) is 3.37. The summed E-state index contributed by atoms with van der Waals surface area (Å²) in [6.45, 7) is 13.4. The third kappa shape index (κ3) is 6.51. The van der Waals surface area contributed by atoms with E-state index in [0.717, 1.165) is 0 Å². The van der Waals surface area contributed by atoms with Gasteiger partial charge >= 0.3 is 5.69 Å². The van der Waals surface area contributed by atoms with E-state index in [1.807, 2.05) is 13.0 Å². The standard InChI is InChI=1S/C27H33N3O5Si/c1-7-33-24-15-14-22(23(35-24)18-34-36(5,6)27(2,3)4)30-17-21(25(31)29-26(30)32)13-12-19-8-10-20(16-28)11-9-19/h8-11,14-15,17,22-24H,7,18H2,1-6H3,(H,29,31,32)/t22-,23+,24-/m0/s1. The lowest BCUT2D eigenvalue weighted by Gasteiger charge is -2.39. The van der Waals surface area contributed by atoms with Crippen molar-refractivity contribution in [3.8, 4) is 17.9 Å². The van der Waals surface area contributed by atoms with E-state index < -0.39 is 38.0 Å². The van der Waals surface area contributed by atoms with Crippen LogP contribution in [-0.2, 0) is 13.9 Å². The Bertz CT molecular complexity index is 1320. The van der Waals surface area contributed by atoms with E-state index in [0.29, 0.717) is 17.7 Å². The molecule has 0 bridgehead atoms. The highest BCUT2D eigenvalue weighted by Gasteiger charge is 2.39. The maximum atomic E-state index is 12.8. The van der Waals surface area contributed by atoms with Crippen molar-refractivity contribution < 1.29 is 13.9 Å². The molecule has 36 heavy (non-hydrogen) atoms. The summed E-state index contributed by atoms with van der Waals surface area (Å²) in [5.41, 5.74) is 0.177. The van der Waals surface area contributed by atoms with Gasteiger partial charge in [-0.25, -0.2) is 4.79 Å². The monoisotopic (exact) mass is 507 g/mol. The number of hydrogen-bond donors (Lipinski definition) is 1. The molecule has 8 nitrogen and oxygen atoms in total. The minimum atomic E-state index is -2.08. The van der Waals surface area contributed by atoms with Crippen LogP contribution < -0.4 is 11.2 Å². The van der Waals surface area contributed by atoms with Gasteiger partial charge in [0, 0.05) is 18.4 Å². The number of nitrogens with zero attached hydrogens (tertiary/aromatic N) is 2. The molecule has 3 rings (SSSR count). The van der Waals surface area contributed by atoms with Crippen LogP contribution in [0.15, 0.2) is 52.2 Å². The number of H-pyrrole nitrogens is 1. The van der Waals surface area contributed by atoms with Crippen LogP contribution in [0, 0.1) is 23.2 Å². The van der Waals surface area contributed by atoms with Crippen LogP contribution in [0.3, 0.4) is 0 Å². The molecule has 1 N–H and O–H groups in total. The van der Waals surface area contributed by atoms with E-state index in [1.165, 1.54) is 10.8 Å². The first-order chi connectivity index (χ1) is 16.9. The molecule has 0 amide bonds. The summed E-state index contributed by atoms with van der Waals surface area (Å²) in [6.07, 6.45) is 4.01. The summed E-state index contributed by atoms with van der Waals surface area (Å²) in [4.78, 5) is 27.7. The number of nitrogens with one attached hydrogen (secondary N) is 1. The number of hydrogen-bond acceptors (Lipinski definition) is 6. The zero-order valence-electron chi connectivity index (χ0n) is 21.6. The first-order valence-electron chi connectivity index (χ1n) is 11.9. The van der Waals surface area contributed by atoms with Crippen molar-refractivity contribution in [2.75, 3.05) is 13.2 Å². The summed E-state index contributed by atoms with van der Waals surface area (Å²) in [5.74, 6) is 5.76. The molecule has 1 aromatic carbocycles. The Hall–Kier alpha value is -3.21. The normalized spacial score (nSPS) is 19.9. The minimum Gasteiger partial charge on any atom is -0.414 e. The van der Waals surface area contributed by atoms with Crippen LogP contribution in [-0.4, -0.2) is 43.5 Å². The lowest BCUT2D eigenvalue weighted by atomic mass is 10.1. The summed E-state index contributed by atoms with van der Waals surface area (Å²) in [5, 5.41) is 8.96. The molecule has 0 unspecified atom stereocenters. The smallest absolute Gasteiger partial charge is 0.329 e. The number of aromatic nitrogens is 2. The topological polar surface area (TPSA) is 106 Å². The van der Waals surface area contributed by atoms with Gasteiger partial charge in [0.25, 0.3) is 5.56 Å². The summed E-state index contributed by atoms with van der Waals surface area (Å²) >= 11 is 0. The highest BCUT2D eigenvalue weighted by atomic mass is 28.4. The van der Waals surface area contributed by atoms with Gasteiger partial charge in [-0.05, 0) is 55.4 Å². The van der Waals surface area contributed by atoms with Gasteiger partial charge in [-0.1, -0.05) is 38.7 Å². The Morgan fingerprint density at radius 1 is 1.11 bits per heavy atom. The van der Waals surface area contributed by atoms with Crippen LogP contribution in [0.4, 0.5) is 0 Å². The minimum absolute atomic E-state index is 0.00927. The summed E-state index contributed by atoms with van der Waals surface area (Å²) < 4.78 is 19.6. The third-order valence-corrected chi connectivity index (χ3v) is 11.0. The Kier molecular flexibility index (Phi) is 8.54. The van der Waals surface area contributed by atoms with Crippen LogP contribution >= 0.6 is 0 Å². The SMILES string of the molecule is CCO[C@@H]1C=C[C@H](n2cc(C#Cc3ccc(C#N)cc3)c(=O)[nH]c2=O)[C@@H](CO[Si](C)(C)C(C)(C)C)O1. The zero-order chi connectivity index (χ0) is 26.5. The molecular weight excluding hydrogens is 474 g/mol. The summed E-state index contributed by atoms with van der Waals surface area (Å²) in [7, 11) is -2.08. The molecule has 9 heteroatoms. The van der Waals surface area contributed by atoms with E-state index in [1.54, 1.807) is 30.3 Å². The van der Waals surface area contributed by atoms with Crippen LogP contribution in [0.1, 0.15) is 50.4 Å². The van der Waals surface area contributed by atoms with E-state index in [9.17, 15) is 9.59 Å². The predicted octanol–water partition coefficient (Wildman–Crippen LogP) is 3.69. The Balaban J connectivity index is 1.95. The highest BCUT2D eigenvalue weighted by molar-refractivity contribution is 6.74. The van der Waals surface area contributed by atoms with E-state index in [-0.39, 0.29) is 17.2 Å². The second-order valence-electron chi connectivity index (χ2n) is 10.1. The van der Waals surface area contributed by atoms with E-state index in [2.05, 4.69) is 56.8 Å². The lowest BCUT2D eigenvalue weighted by Crippen LogP contribution is -2.47. The van der Waals surface area contributed by atoms with Crippen LogP contribution in [0.5, 0.6) is 0 Å². The fourth-order valence-corrected chi connectivity index (χ4v) is 4.38. The largest absolute Gasteiger partial charge is 0.414 e. The molecule has 1 aromatic heterocycles. The molecule has 2 aromatic rings. The Morgan fingerprint density at radius 3 is 2.39 bits per heavy atom. The lowest BCUT2D eigenvalue weighted by molar-refractivity contribution is -0.163. The maximum absolute atomic E-state index is 12.8. The van der Waals surface area contributed by atoms with Crippen molar-refractivity contribution in [1.82, 2.24) is 9.55 Å². The molecule has 0 saturated carbocycles. The van der Waals surface area contributed by atoms with Crippen molar-refractivity contribution in [1.29, 1.82) is 5.26 Å². The Labute approximate surface area is 212 Å². The van der Waals surface area contributed by atoms with Gasteiger partial charge in [0.05, 0.1) is 24.3 Å². The molecule has 0 radical (unpaired) electrons. The molecule has 1 aliphatic heterocycles. The number of benzene rings is 1. The van der Waals surface area contributed by atoms with Gasteiger partial charge in [0.15, 0.2) is 14.6 Å². The van der Waals surface area contributed by atoms with Crippen molar-refractivity contribution in [2.24, 2.45) is 0 Å². The number of nitriles is 1. The molecule has 0 spiro atoms. The molecule has 0 saturated heterocycles. The highest BCUT2D eigenvalue weighted by Crippen LogP contribution is 2.37. The van der Waals surface area contributed by atoms with Crippen molar-refractivity contribution in [3.63, 3.8) is 0 Å². The molecule has 0 fully saturated rings. The molecule has 0 aliphatic carbocycles. The molecule has 3 atom stereocenters. The number of ether oxygens (including phenoxy) is 2. The summed E-state index contributed by atoms with van der Waals surface area (Å²) in [6, 6.07) is 8.25. The molecule has 190 valence electrons. The first kappa shape index (κ1) is 27.4. The van der Waals surface area contributed by atoms with Gasteiger partial charge in [-0.3, -0.25) is 14.3 Å². The zero-order valence-corrected chi connectivity index (χ0v) is 22.6. The van der Waals surface area contributed by atoms with Gasteiger partial charge in [0.2, 0.25) is 0 Å². The Morgan fingerprint density at radius 2 is 1.78 bits per heavy atom. The molecular formula is C27H33N3O5Si. The van der Waals surface area contributed by atoms with Gasteiger partial charge in [-0.2, -0.15) is 5.26 Å². The van der Waals surface area contributed by atoms with Gasteiger partial charge in [-0.15, -0.1) is 0 Å². The van der Waals surface area contributed by atoms with E-state index in [4.69, 9.17) is 19.2 Å². The predicted molar refractivity (Wildman–Crippen MR) is 140 cm³/mol. The average Bonchev–Trinajstić information content (AvgIpc) is 2.82. The number of aromatic amines is 1. The second-order valence-corrected chi connectivity index (χ2v) is 14.9.